The van der Waals surface area contributed by atoms with E-state index in [1.807, 2.05) is 0 Å². The van der Waals surface area contributed by atoms with Gasteiger partial charge in [0.1, 0.15) is 0 Å². The molecule has 21 heavy (non-hydrogen) atoms. The second-order valence-corrected chi connectivity index (χ2v) is 5.23. The first-order valence-corrected chi connectivity index (χ1v) is 6.52. The maximum absolute atomic E-state index is 15.6. The summed E-state index contributed by atoms with van der Waals surface area (Å²) < 4.78 is 30.2. The molecule has 0 radical (unpaired) electrons. The lowest BCUT2D eigenvalue weighted by Crippen LogP contribution is -2.54. The molecule has 2 atom stereocenters. The van der Waals surface area contributed by atoms with Crippen molar-refractivity contribution in [3.8, 4) is 0 Å². The maximum Gasteiger partial charge on any atom is 0.232 e. The summed E-state index contributed by atoms with van der Waals surface area (Å²) in [5.41, 5.74) is -5.69. The number of halogens is 2. The number of hydrogen-bond donors (Lipinski definition) is 0. The van der Waals surface area contributed by atoms with Crippen LogP contribution in [-0.4, -0.2) is 17.2 Å². The summed E-state index contributed by atoms with van der Waals surface area (Å²) in [6.07, 6.45) is 0. The van der Waals surface area contributed by atoms with Crippen LogP contribution in [0.25, 0.3) is 0 Å². The van der Waals surface area contributed by atoms with Crippen molar-refractivity contribution >= 4 is 11.6 Å². The molecule has 2 aromatic carbocycles. The zero-order chi connectivity index (χ0) is 15.3. The van der Waals surface area contributed by atoms with Crippen molar-refractivity contribution in [1.82, 2.24) is 0 Å². The molecule has 0 fully saturated rings. The van der Waals surface area contributed by atoms with Crippen LogP contribution in [-0.2, 0) is 10.5 Å². The predicted octanol–water partition coefficient (Wildman–Crippen LogP) is 3.39. The molecule has 2 aromatic rings. The highest BCUT2D eigenvalue weighted by Gasteiger charge is 2.60. The summed E-state index contributed by atoms with van der Waals surface area (Å²) in [4.78, 5) is 24.5. The van der Waals surface area contributed by atoms with E-state index in [-0.39, 0.29) is 16.7 Å². The van der Waals surface area contributed by atoms with Crippen molar-refractivity contribution in [3.05, 3.63) is 71.3 Å². The van der Waals surface area contributed by atoms with E-state index in [2.05, 4.69) is 0 Å². The number of alkyl halides is 2. The van der Waals surface area contributed by atoms with Gasteiger partial charge in [-0.2, -0.15) is 0 Å². The van der Waals surface area contributed by atoms with Gasteiger partial charge in [-0.25, -0.2) is 8.78 Å². The standard InChI is InChI=1S/C17H12F2O2/c1-16(18)14(20)12-9-5-6-10-13(12)17(19,15(16)21)11-7-3-2-4-8-11/h2-10H,1H3/t16-,17+/m0/s1. The fourth-order valence-corrected chi connectivity index (χ4v) is 2.74. The first kappa shape index (κ1) is 13.6. The van der Waals surface area contributed by atoms with Crippen molar-refractivity contribution in [2.45, 2.75) is 18.3 Å². The average molecular weight is 286 g/mol. The van der Waals surface area contributed by atoms with Crippen molar-refractivity contribution in [3.63, 3.8) is 0 Å². The maximum atomic E-state index is 15.6. The molecule has 0 saturated heterocycles. The number of Topliss-reactive ketones (excluding diaryl/α,β-unsaturated/α-hetero) is 2. The summed E-state index contributed by atoms with van der Waals surface area (Å²) in [6, 6.07) is 13.4. The Labute approximate surface area is 120 Å². The number of carbonyl (C=O) groups excluding carboxylic acids is 2. The topological polar surface area (TPSA) is 34.1 Å². The van der Waals surface area contributed by atoms with Gasteiger partial charge < -0.3 is 0 Å². The molecule has 0 N–H and O–H groups in total. The van der Waals surface area contributed by atoms with Gasteiger partial charge in [0.2, 0.25) is 22.9 Å². The second kappa shape index (κ2) is 4.32. The van der Waals surface area contributed by atoms with E-state index in [1.165, 1.54) is 36.4 Å². The van der Waals surface area contributed by atoms with Gasteiger partial charge in [0, 0.05) is 16.7 Å². The monoisotopic (exact) mass is 286 g/mol. The number of hydrogen-bond acceptors (Lipinski definition) is 2. The summed E-state index contributed by atoms with van der Waals surface area (Å²) in [6.45, 7) is 0.824. The molecule has 1 aliphatic carbocycles. The van der Waals surface area contributed by atoms with Gasteiger partial charge in [-0.15, -0.1) is 0 Å². The van der Waals surface area contributed by atoms with E-state index in [1.54, 1.807) is 18.2 Å². The van der Waals surface area contributed by atoms with Crippen molar-refractivity contribution in [1.29, 1.82) is 0 Å². The Hall–Kier alpha value is -2.36. The zero-order valence-corrected chi connectivity index (χ0v) is 11.3. The fourth-order valence-electron chi connectivity index (χ4n) is 2.74. The van der Waals surface area contributed by atoms with Crippen LogP contribution < -0.4 is 0 Å². The Bertz CT molecular complexity index is 737. The smallest absolute Gasteiger partial charge is 0.232 e. The molecule has 0 bridgehead atoms. The van der Waals surface area contributed by atoms with Gasteiger partial charge in [0.25, 0.3) is 0 Å². The average Bonchev–Trinajstić information content (AvgIpc) is 2.52. The van der Waals surface area contributed by atoms with Gasteiger partial charge in [-0.1, -0.05) is 54.6 Å². The second-order valence-electron chi connectivity index (χ2n) is 5.23. The van der Waals surface area contributed by atoms with Crippen molar-refractivity contribution in [2.24, 2.45) is 0 Å². The molecule has 3 rings (SSSR count). The summed E-state index contributed by atoms with van der Waals surface area (Å²) in [5.74, 6) is -2.36. The van der Waals surface area contributed by atoms with Gasteiger partial charge in [-0.05, 0) is 6.92 Å². The number of ketones is 2. The normalized spacial score (nSPS) is 28.3. The minimum atomic E-state index is -2.88. The van der Waals surface area contributed by atoms with Crippen LogP contribution in [0.15, 0.2) is 54.6 Å². The first-order chi connectivity index (χ1) is 9.90. The third-order valence-corrected chi connectivity index (χ3v) is 3.88. The minimum Gasteiger partial charge on any atom is -0.291 e. The molecular weight excluding hydrogens is 274 g/mol. The molecule has 0 saturated carbocycles. The van der Waals surface area contributed by atoms with Crippen LogP contribution in [0.4, 0.5) is 8.78 Å². The highest BCUT2D eigenvalue weighted by molar-refractivity contribution is 6.24. The van der Waals surface area contributed by atoms with Gasteiger partial charge in [0.05, 0.1) is 0 Å². The Kier molecular flexibility index (Phi) is 2.80. The van der Waals surface area contributed by atoms with E-state index in [0.29, 0.717) is 0 Å². The van der Waals surface area contributed by atoms with E-state index >= 15 is 4.39 Å². The van der Waals surface area contributed by atoms with Crippen LogP contribution in [0.1, 0.15) is 28.4 Å². The molecule has 4 heteroatoms. The number of fused-ring (bicyclic) bond motifs is 1. The Balaban J connectivity index is 2.37. The van der Waals surface area contributed by atoms with Crippen LogP contribution in [0, 0.1) is 0 Å². The summed E-state index contributed by atoms with van der Waals surface area (Å²) in [7, 11) is 0. The molecule has 0 heterocycles. The molecule has 0 aliphatic heterocycles. The van der Waals surface area contributed by atoms with Crippen molar-refractivity contribution < 1.29 is 18.4 Å². The van der Waals surface area contributed by atoms with E-state index in [0.717, 1.165) is 6.92 Å². The highest BCUT2D eigenvalue weighted by atomic mass is 19.2. The molecule has 0 spiro atoms. The Morgan fingerprint density at radius 2 is 1.43 bits per heavy atom. The van der Waals surface area contributed by atoms with Gasteiger partial charge in [-0.3, -0.25) is 9.59 Å². The molecule has 0 unspecified atom stereocenters. The third-order valence-electron chi connectivity index (χ3n) is 3.88. The quantitative estimate of drug-likeness (QED) is 0.753. The molecule has 106 valence electrons. The zero-order valence-electron chi connectivity index (χ0n) is 11.3. The Morgan fingerprint density at radius 1 is 0.857 bits per heavy atom. The summed E-state index contributed by atoms with van der Waals surface area (Å²) in [5, 5.41) is 0. The molecule has 2 nitrogen and oxygen atoms in total. The lowest BCUT2D eigenvalue weighted by atomic mass is 9.69. The van der Waals surface area contributed by atoms with Crippen LogP contribution >= 0.6 is 0 Å². The highest BCUT2D eigenvalue weighted by Crippen LogP contribution is 2.45. The molecule has 0 aromatic heterocycles. The third kappa shape index (κ3) is 1.68. The molecule has 1 aliphatic rings. The predicted molar refractivity (Wildman–Crippen MR) is 73.6 cm³/mol. The lowest BCUT2D eigenvalue weighted by Gasteiger charge is -2.36. The van der Waals surface area contributed by atoms with E-state index in [9.17, 15) is 14.0 Å². The lowest BCUT2D eigenvalue weighted by molar-refractivity contribution is -0.138. The number of rotatable bonds is 1. The fraction of sp³-hybridized carbons (Fsp3) is 0.176. The minimum absolute atomic E-state index is 0.0267. The van der Waals surface area contributed by atoms with Gasteiger partial charge in [0.15, 0.2) is 0 Å². The summed E-state index contributed by atoms with van der Waals surface area (Å²) >= 11 is 0. The van der Waals surface area contributed by atoms with Gasteiger partial charge >= 0.3 is 0 Å². The Morgan fingerprint density at radius 3 is 2.10 bits per heavy atom. The van der Waals surface area contributed by atoms with E-state index < -0.39 is 22.9 Å². The van der Waals surface area contributed by atoms with Crippen LogP contribution in [0.5, 0.6) is 0 Å². The van der Waals surface area contributed by atoms with E-state index in [4.69, 9.17) is 0 Å². The van der Waals surface area contributed by atoms with Crippen LogP contribution in [0.3, 0.4) is 0 Å². The first-order valence-electron chi connectivity index (χ1n) is 6.52. The van der Waals surface area contributed by atoms with Crippen LogP contribution in [0.2, 0.25) is 0 Å². The molecule has 0 amide bonds. The van der Waals surface area contributed by atoms with Crippen molar-refractivity contribution in [2.75, 3.05) is 0 Å². The molecular formula is C17H12F2O2. The number of benzene rings is 2. The number of carbonyl (C=O) groups is 2. The largest absolute Gasteiger partial charge is 0.291 e. The SMILES string of the molecule is C[C@]1(F)C(=O)c2ccccc2[C@](F)(c2ccccc2)C1=O.